The molecule has 3 rings (SSSR count). The van der Waals surface area contributed by atoms with Crippen molar-refractivity contribution in [3.05, 3.63) is 65.8 Å². The van der Waals surface area contributed by atoms with E-state index >= 15 is 0 Å². The molecule has 2 N–H and O–H groups in total. The molecule has 0 aliphatic rings. The molecule has 8 heteroatoms. The second-order valence-corrected chi connectivity index (χ2v) is 6.74. The van der Waals surface area contributed by atoms with Gasteiger partial charge in [-0.1, -0.05) is 17.3 Å². The minimum absolute atomic E-state index is 0.144. The molecule has 1 aromatic heterocycles. The predicted molar refractivity (Wildman–Crippen MR) is 104 cm³/mol. The van der Waals surface area contributed by atoms with Crippen molar-refractivity contribution in [3.8, 4) is 0 Å². The minimum atomic E-state index is -0.213. The smallest absolute Gasteiger partial charge is 0.256 e. The van der Waals surface area contributed by atoms with E-state index in [-0.39, 0.29) is 11.8 Å². The van der Waals surface area contributed by atoms with Gasteiger partial charge in [-0.05, 0) is 36.4 Å². The normalized spacial score (nSPS) is 10.4. The SMILES string of the molecule is CC(=O)Nc1ccc(NC(=O)c2ccccc2SCc2noc(C)n2)cc1. The Kier molecular flexibility index (Phi) is 5.87. The lowest BCUT2D eigenvalue weighted by atomic mass is 10.2. The molecule has 0 fully saturated rings. The highest BCUT2D eigenvalue weighted by molar-refractivity contribution is 7.98. The fourth-order valence-electron chi connectivity index (χ4n) is 2.36. The molecule has 0 bridgehead atoms. The van der Waals surface area contributed by atoms with Gasteiger partial charge in [0.15, 0.2) is 5.82 Å². The largest absolute Gasteiger partial charge is 0.340 e. The minimum Gasteiger partial charge on any atom is -0.340 e. The van der Waals surface area contributed by atoms with Crippen molar-refractivity contribution in [1.29, 1.82) is 0 Å². The summed E-state index contributed by atoms with van der Waals surface area (Å²) in [6.45, 7) is 3.18. The zero-order valence-corrected chi connectivity index (χ0v) is 15.7. The van der Waals surface area contributed by atoms with E-state index in [1.54, 1.807) is 37.3 Å². The number of aromatic nitrogens is 2. The molecule has 1 heterocycles. The van der Waals surface area contributed by atoms with Gasteiger partial charge in [-0.15, -0.1) is 11.8 Å². The van der Waals surface area contributed by atoms with Gasteiger partial charge in [0.1, 0.15) is 0 Å². The molecule has 0 radical (unpaired) electrons. The van der Waals surface area contributed by atoms with Gasteiger partial charge in [0.2, 0.25) is 11.8 Å². The first-order valence-corrected chi connectivity index (χ1v) is 9.20. The Morgan fingerprint density at radius 2 is 1.70 bits per heavy atom. The monoisotopic (exact) mass is 382 g/mol. The van der Waals surface area contributed by atoms with Gasteiger partial charge in [0, 0.05) is 30.1 Å². The zero-order chi connectivity index (χ0) is 19.2. The van der Waals surface area contributed by atoms with Crippen LogP contribution in [-0.4, -0.2) is 22.0 Å². The van der Waals surface area contributed by atoms with Gasteiger partial charge in [-0.3, -0.25) is 9.59 Å². The Hall–Kier alpha value is -3.13. The van der Waals surface area contributed by atoms with Crippen LogP contribution in [0.15, 0.2) is 57.9 Å². The first-order valence-electron chi connectivity index (χ1n) is 8.21. The fourth-order valence-corrected chi connectivity index (χ4v) is 3.25. The summed E-state index contributed by atoms with van der Waals surface area (Å²) in [7, 11) is 0. The Labute approximate surface area is 160 Å². The molecule has 3 aromatic rings. The zero-order valence-electron chi connectivity index (χ0n) is 14.9. The third-order valence-corrected chi connectivity index (χ3v) is 4.59. The van der Waals surface area contributed by atoms with Crippen molar-refractivity contribution in [3.63, 3.8) is 0 Å². The molecule has 0 atom stereocenters. The van der Waals surface area contributed by atoms with Crippen LogP contribution in [0.2, 0.25) is 0 Å². The van der Waals surface area contributed by atoms with Gasteiger partial charge < -0.3 is 15.2 Å². The van der Waals surface area contributed by atoms with Crippen molar-refractivity contribution in [2.75, 3.05) is 10.6 Å². The summed E-state index contributed by atoms with van der Waals surface area (Å²) in [5, 5.41) is 9.42. The Balaban J connectivity index is 1.68. The maximum atomic E-state index is 12.7. The molecule has 0 saturated carbocycles. The lowest BCUT2D eigenvalue weighted by Crippen LogP contribution is -2.13. The number of nitrogens with zero attached hydrogens (tertiary/aromatic N) is 2. The number of carbonyl (C=O) groups excluding carboxylic acids is 2. The number of benzene rings is 2. The number of hydrogen-bond donors (Lipinski definition) is 2. The van der Waals surface area contributed by atoms with Crippen LogP contribution in [0.4, 0.5) is 11.4 Å². The van der Waals surface area contributed by atoms with E-state index in [1.807, 2.05) is 18.2 Å². The van der Waals surface area contributed by atoms with Crippen molar-refractivity contribution >= 4 is 35.0 Å². The van der Waals surface area contributed by atoms with Crippen LogP contribution in [0.5, 0.6) is 0 Å². The van der Waals surface area contributed by atoms with Gasteiger partial charge >= 0.3 is 0 Å². The van der Waals surface area contributed by atoms with Gasteiger partial charge in [-0.25, -0.2) is 0 Å². The second-order valence-electron chi connectivity index (χ2n) is 5.73. The summed E-state index contributed by atoms with van der Waals surface area (Å²) >= 11 is 1.47. The molecule has 0 spiro atoms. The number of anilines is 2. The molecular weight excluding hydrogens is 364 g/mol. The molecule has 27 heavy (non-hydrogen) atoms. The summed E-state index contributed by atoms with van der Waals surface area (Å²) in [5.74, 6) is 1.25. The van der Waals surface area contributed by atoms with Gasteiger partial charge in [0.05, 0.1) is 11.3 Å². The van der Waals surface area contributed by atoms with Crippen molar-refractivity contribution < 1.29 is 14.1 Å². The number of aryl methyl sites for hydroxylation is 1. The summed E-state index contributed by atoms with van der Waals surface area (Å²) in [5.41, 5.74) is 1.88. The van der Waals surface area contributed by atoms with Crippen molar-refractivity contribution in [2.45, 2.75) is 24.5 Å². The van der Waals surface area contributed by atoms with Crippen LogP contribution in [0.1, 0.15) is 29.0 Å². The molecule has 0 saturated heterocycles. The third-order valence-electron chi connectivity index (χ3n) is 3.52. The van der Waals surface area contributed by atoms with E-state index in [0.717, 1.165) is 4.90 Å². The maximum absolute atomic E-state index is 12.7. The highest BCUT2D eigenvalue weighted by Crippen LogP contribution is 2.26. The van der Waals surface area contributed by atoms with Gasteiger partial charge in [0.25, 0.3) is 5.91 Å². The van der Waals surface area contributed by atoms with E-state index in [2.05, 4.69) is 20.8 Å². The molecule has 138 valence electrons. The molecule has 2 amide bonds. The number of nitrogens with one attached hydrogen (secondary N) is 2. The first kappa shape index (κ1) is 18.7. The fraction of sp³-hybridized carbons (Fsp3) is 0.158. The lowest BCUT2D eigenvalue weighted by molar-refractivity contribution is -0.114. The van der Waals surface area contributed by atoms with Crippen LogP contribution in [0.3, 0.4) is 0 Å². The third kappa shape index (κ3) is 5.18. The topological polar surface area (TPSA) is 97.1 Å². The molecule has 0 aliphatic heterocycles. The summed E-state index contributed by atoms with van der Waals surface area (Å²) in [6.07, 6.45) is 0. The van der Waals surface area contributed by atoms with E-state index in [9.17, 15) is 9.59 Å². The summed E-state index contributed by atoms with van der Waals surface area (Å²) < 4.78 is 4.96. The summed E-state index contributed by atoms with van der Waals surface area (Å²) in [6, 6.07) is 14.3. The van der Waals surface area contributed by atoms with Gasteiger partial charge in [-0.2, -0.15) is 4.98 Å². The Morgan fingerprint density at radius 3 is 2.33 bits per heavy atom. The van der Waals surface area contributed by atoms with Crippen LogP contribution in [-0.2, 0) is 10.5 Å². The number of thioether (sulfide) groups is 1. The standard InChI is InChI=1S/C19H18N4O3S/c1-12(24)20-14-7-9-15(10-8-14)22-19(25)16-5-3-4-6-17(16)27-11-18-21-13(2)26-23-18/h3-10H,11H2,1-2H3,(H,20,24)(H,22,25). The van der Waals surface area contributed by atoms with Crippen LogP contribution >= 0.6 is 11.8 Å². The molecule has 2 aromatic carbocycles. The average molecular weight is 382 g/mol. The van der Waals surface area contributed by atoms with Crippen molar-refractivity contribution in [1.82, 2.24) is 10.1 Å². The Bertz CT molecular complexity index is 954. The van der Waals surface area contributed by atoms with Crippen LogP contribution in [0, 0.1) is 6.92 Å². The van der Waals surface area contributed by atoms with E-state index in [0.29, 0.717) is 34.4 Å². The first-order chi connectivity index (χ1) is 13.0. The summed E-state index contributed by atoms with van der Waals surface area (Å²) in [4.78, 5) is 28.7. The van der Waals surface area contributed by atoms with Crippen LogP contribution in [0.25, 0.3) is 0 Å². The van der Waals surface area contributed by atoms with E-state index in [4.69, 9.17) is 4.52 Å². The highest BCUT2D eigenvalue weighted by atomic mass is 32.2. The number of carbonyl (C=O) groups is 2. The van der Waals surface area contributed by atoms with Crippen LogP contribution < -0.4 is 10.6 Å². The predicted octanol–water partition coefficient (Wildman–Crippen LogP) is 3.88. The number of hydrogen-bond acceptors (Lipinski definition) is 6. The molecule has 7 nitrogen and oxygen atoms in total. The van der Waals surface area contributed by atoms with E-state index in [1.165, 1.54) is 18.7 Å². The molecular formula is C19H18N4O3S. The molecule has 0 unspecified atom stereocenters. The maximum Gasteiger partial charge on any atom is 0.256 e. The highest BCUT2D eigenvalue weighted by Gasteiger charge is 2.13. The van der Waals surface area contributed by atoms with Crippen molar-refractivity contribution in [2.24, 2.45) is 0 Å². The molecule has 0 aliphatic carbocycles. The Morgan fingerprint density at radius 1 is 1.04 bits per heavy atom. The second kappa shape index (κ2) is 8.50. The lowest BCUT2D eigenvalue weighted by Gasteiger charge is -2.10. The van der Waals surface area contributed by atoms with E-state index < -0.39 is 0 Å². The number of rotatable bonds is 6. The average Bonchev–Trinajstić information content (AvgIpc) is 3.07. The quantitative estimate of drug-likeness (QED) is 0.628. The number of amides is 2.